The Labute approximate surface area is 117 Å². The number of amides is 1. The number of fused-ring (bicyclic) bond motifs is 1. The summed E-state index contributed by atoms with van der Waals surface area (Å²) in [7, 11) is 3.71. The first-order valence-electron chi connectivity index (χ1n) is 6.85. The van der Waals surface area contributed by atoms with Crippen LogP contribution in [0.1, 0.15) is 22.5 Å². The van der Waals surface area contributed by atoms with E-state index in [1.807, 2.05) is 32.0 Å². The summed E-state index contributed by atoms with van der Waals surface area (Å²) in [5.74, 6) is 0.0437. The van der Waals surface area contributed by atoms with E-state index < -0.39 is 0 Å². The van der Waals surface area contributed by atoms with Gasteiger partial charge in [0.2, 0.25) is 0 Å². The van der Waals surface area contributed by atoms with E-state index in [0.29, 0.717) is 5.56 Å². The third-order valence-electron chi connectivity index (χ3n) is 3.97. The van der Waals surface area contributed by atoms with E-state index in [9.17, 15) is 4.79 Å². The van der Waals surface area contributed by atoms with Crippen molar-refractivity contribution in [3.05, 3.63) is 23.5 Å². The molecule has 0 bridgehead atoms. The molecule has 1 aliphatic rings. The van der Waals surface area contributed by atoms with Gasteiger partial charge in [-0.25, -0.2) is 4.98 Å². The van der Waals surface area contributed by atoms with Crippen LogP contribution in [0.2, 0.25) is 0 Å². The molecule has 1 amide bonds. The van der Waals surface area contributed by atoms with Gasteiger partial charge in [0.15, 0.2) is 5.65 Å². The van der Waals surface area contributed by atoms with E-state index in [1.165, 1.54) is 0 Å². The Morgan fingerprint density at radius 3 is 3.05 bits per heavy atom. The molecule has 1 atom stereocenters. The number of carbonyl (C=O) groups excluding carboxylic acids is 1. The van der Waals surface area contributed by atoms with Gasteiger partial charge in [-0.15, -0.1) is 0 Å². The lowest BCUT2D eigenvalue weighted by Crippen LogP contribution is -2.38. The maximum atomic E-state index is 12.7. The molecule has 0 saturated carbocycles. The fourth-order valence-corrected chi connectivity index (χ4v) is 2.74. The normalized spacial score (nSPS) is 18.6. The van der Waals surface area contributed by atoms with Crippen molar-refractivity contribution in [3.63, 3.8) is 0 Å². The van der Waals surface area contributed by atoms with Crippen molar-refractivity contribution in [2.45, 2.75) is 19.4 Å². The lowest BCUT2D eigenvalue weighted by atomic mass is 10.1. The summed E-state index contributed by atoms with van der Waals surface area (Å²) in [5, 5.41) is 8.32. The smallest absolute Gasteiger partial charge is 0.254 e. The van der Waals surface area contributed by atoms with Gasteiger partial charge in [-0.3, -0.25) is 9.48 Å². The lowest BCUT2D eigenvalue weighted by molar-refractivity contribution is 0.0745. The third kappa shape index (κ3) is 2.06. The Balaban J connectivity index is 2.02. The van der Waals surface area contributed by atoms with Crippen LogP contribution >= 0.6 is 0 Å². The van der Waals surface area contributed by atoms with Crippen LogP contribution in [0.15, 0.2) is 12.3 Å². The molecule has 3 heterocycles. The van der Waals surface area contributed by atoms with Gasteiger partial charge in [-0.05, 0) is 26.0 Å². The Morgan fingerprint density at radius 1 is 1.55 bits per heavy atom. The Bertz CT molecular complexity index is 657. The Hall–Kier alpha value is -1.95. The quantitative estimate of drug-likeness (QED) is 0.875. The molecule has 6 heteroatoms. The number of pyridine rings is 1. The van der Waals surface area contributed by atoms with Crippen LogP contribution in [0.25, 0.3) is 11.0 Å². The van der Waals surface area contributed by atoms with Crippen molar-refractivity contribution in [1.29, 1.82) is 0 Å². The molecule has 0 aromatic carbocycles. The van der Waals surface area contributed by atoms with Crippen molar-refractivity contribution >= 4 is 16.9 Å². The maximum Gasteiger partial charge on any atom is 0.254 e. The highest BCUT2D eigenvalue weighted by molar-refractivity contribution is 6.05. The van der Waals surface area contributed by atoms with Crippen molar-refractivity contribution < 1.29 is 4.79 Å². The maximum absolute atomic E-state index is 12.7. The van der Waals surface area contributed by atoms with Crippen LogP contribution in [-0.2, 0) is 7.05 Å². The zero-order chi connectivity index (χ0) is 14.3. The van der Waals surface area contributed by atoms with E-state index in [0.717, 1.165) is 36.2 Å². The second kappa shape index (κ2) is 4.86. The first kappa shape index (κ1) is 13.1. The van der Waals surface area contributed by atoms with Gasteiger partial charge in [0.25, 0.3) is 5.91 Å². The van der Waals surface area contributed by atoms with Crippen molar-refractivity contribution in [2.24, 2.45) is 7.05 Å². The van der Waals surface area contributed by atoms with Crippen LogP contribution in [0.3, 0.4) is 0 Å². The van der Waals surface area contributed by atoms with Gasteiger partial charge in [-0.2, -0.15) is 5.10 Å². The standard InChI is InChI=1S/C14H19N5O/c1-9-6-11(12-8-16-19(3)13(12)17-9)14(20)18(2)10-4-5-15-7-10/h6,8,10,15H,4-5,7H2,1-3H3/t10-/m1/s1. The minimum absolute atomic E-state index is 0.0437. The second-order valence-corrected chi connectivity index (χ2v) is 5.38. The van der Waals surface area contributed by atoms with Gasteiger partial charge in [-0.1, -0.05) is 0 Å². The van der Waals surface area contributed by atoms with Crippen LogP contribution in [0.5, 0.6) is 0 Å². The van der Waals surface area contributed by atoms with Crippen LogP contribution in [0.4, 0.5) is 0 Å². The molecule has 1 aliphatic heterocycles. The molecule has 1 saturated heterocycles. The summed E-state index contributed by atoms with van der Waals surface area (Å²) in [6, 6.07) is 2.12. The van der Waals surface area contributed by atoms with E-state index >= 15 is 0 Å². The largest absolute Gasteiger partial charge is 0.337 e. The molecular weight excluding hydrogens is 254 g/mol. The highest BCUT2D eigenvalue weighted by atomic mass is 16.2. The van der Waals surface area contributed by atoms with Crippen molar-refractivity contribution in [1.82, 2.24) is 25.0 Å². The van der Waals surface area contributed by atoms with E-state index in [1.54, 1.807) is 10.9 Å². The molecule has 20 heavy (non-hydrogen) atoms. The highest BCUT2D eigenvalue weighted by Crippen LogP contribution is 2.20. The molecule has 0 radical (unpaired) electrons. The number of aromatic nitrogens is 3. The molecule has 1 N–H and O–H groups in total. The number of nitrogens with zero attached hydrogens (tertiary/aromatic N) is 4. The predicted molar refractivity (Wildman–Crippen MR) is 76.6 cm³/mol. The van der Waals surface area contributed by atoms with E-state index in [4.69, 9.17) is 0 Å². The van der Waals surface area contributed by atoms with Crippen molar-refractivity contribution in [2.75, 3.05) is 20.1 Å². The number of hydrogen-bond donors (Lipinski definition) is 1. The fraction of sp³-hybridized carbons (Fsp3) is 0.500. The number of hydrogen-bond acceptors (Lipinski definition) is 4. The molecule has 2 aromatic heterocycles. The molecule has 1 fully saturated rings. The van der Waals surface area contributed by atoms with Gasteiger partial charge < -0.3 is 10.2 Å². The van der Waals surface area contributed by atoms with Gasteiger partial charge >= 0.3 is 0 Å². The van der Waals surface area contributed by atoms with Crippen molar-refractivity contribution in [3.8, 4) is 0 Å². The monoisotopic (exact) mass is 273 g/mol. The zero-order valence-corrected chi connectivity index (χ0v) is 12.1. The van der Waals surface area contributed by atoms with Crippen LogP contribution < -0.4 is 5.32 Å². The van der Waals surface area contributed by atoms with Gasteiger partial charge in [0, 0.05) is 32.4 Å². The number of nitrogens with one attached hydrogen (secondary N) is 1. The van der Waals surface area contributed by atoms with E-state index in [-0.39, 0.29) is 11.9 Å². The Morgan fingerprint density at radius 2 is 2.35 bits per heavy atom. The Kier molecular flexibility index (Phi) is 3.17. The average molecular weight is 273 g/mol. The topological polar surface area (TPSA) is 63.1 Å². The summed E-state index contributed by atoms with van der Waals surface area (Å²) < 4.78 is 1.70. The second-order valence-electron chi connectivity index (χ2n) is 5.38. The number of rotatable bonds is 2. The first-order chi connectivity index (χ1) is 9.58. The van der Waals surface area contributed by atoms with E-state index in [2.05, 4.69) is 15.4 Å². The number of likely N-dealkylation sites (N-methyl/N-ethyl adjacent to an activating group) is 1. The van der Waals surface area contributed by atoms with Crippen LogP contribution in [-0.4, -0.2) is 51.8 Å². The summed E-state index contributed by atoms with van der Waals surface area (Å²) in [6.07, 6.45) is 2.72. The molecule has 2 aromatic rings. The predicted octanol–water partition coefficient (Wildman–Crippen LogP) is 0.711. The average Bonchev–Trinajstić information content (AvgIpc) is 3.07. The third-order valence-corrected chi connectivity index (χ3v) is 3.97. The van der Waals surface area contributed by atoms with Crippen LogP contribution in [0, 0.1) is 6.92 Å². The summed E-state index contributed by atoms with van der Waals surface area (Å²) in [4.78, 5) is 19.0. The van der Waals surface area contributed by atoms with Gasteiger partial charge in [0.1, 0.15) is 0 Å². The first-order valence-corrected chi connectivity index (χ1v) is 6.85. The fourth-order valence-electron chi connectivity index (χ4n) is 2.74. The number of carbonyl (C=O) groups is 1. The lowest BCUT2D eigenvalue weighted by Gasteiger charge is -2.24. The molecule has 106 valence electrons. The summed E-state index contributed by atoms with van der Waals surface area (Å²) in [5.41, 5.74) is 2.28. The summed E-state index contributed by atoms with van der Waals surface area (Å²) >= 11 is 0. The zero-order valence-electron chi connectivity index (χ0n) is 12.1. The van der Waals surface area contributed by atoms with Gasteiger partial charge in [0.05, 0.1) is 17.1 Å². The molecule has 3 rings (SSSR count). The minimum Gasteiger partial charge on any atom is -0.337 e. The SMILES string of the molecule is Cc1cc(C(=O)N(C)[C@@H]2CCNC2)c2cnn(C)c2n1. The summed E-state index contributed by atoms with van der Waals surface area (Å²) in [6.45, 7) is 3.74. The minimum atomic E-state index is 0.0437. The molecule has 6 nitrogen and oxygen atoms in total. The molecule has 0 aliphatic carbocycles. The molecule has 0 spiro atoms. The molecule has 0 unspecified atom stereocenters. The molecular formula is C14H19N5O. The highest BCUT2D eigenvalue weighted by Gasteiger charge is 2.26. The number of aryl methyl sites for hydroxylation is 2.